The van der Waals surface area contributed by atoms with E-state index in [4.69, 9.17) is 5.10 Å². The number of fused-ring (bicyclic) bond motifs is 1. The Kier molecular flexibility index (Phi) is 5.44. The molecular weight excluding hydrogens is 393 g/mol. The van der Waals surface area contributed by atoms with Crippen LogP contribution in [0.3, 0.4) is 0 Å². The molecule has 1 aliphatic rings. The monoisotopic (exact) mass is 418 g/mol. The molecule has 2 atom stereocenters. The fourth-order valence-corrected chi connectivity index (χ4v) is 4.14. The highest BCUT2D eigenvalue weighted by Gasteiger charge is 2.30. The van der Waals surface area contributed by atoms with Gasteiger partial charge in [-0.25, -0.2) is 4.98 Å². The van der Waals surface area contributed by atoms with Gasteiger partial charge in [-0.3, -0.25) is 0 Å². The summed E-state index contributed by atoms with van der Waals surface area (Å²) in [4.78, 5) is 6.77. The zero-order chi connectivity index (χ0) is 21.5. The largest absolute Gasteiger partial charge is 0.416 e. The molecule has 1 N–H and O–H groups in total. The van der Waals surface area contributed by atoms with Crippen LogP contribution in [-0.4, -0.2) is 38.9 Å². The molecule has 2 unspecified atom stereocenters. The summed E-state index contributed by atoms with van der Waals surface area (Å²) in [7, 11) is 0. The molecular formula is C22H25F3N4O. The number of nitrogens with zero attached hydrogens (tertiary/aromatic N) is 4. The molecule has 3 aromatic rings. The van der Waals surface area contributed by atoms with Crippen molar-refractivity contribution in [1.82, 2.24) is 14.6 Å². The Morgan fingerprint density at radius 1 is 1.17 bits per heavy atom. The van der Waals surface area contributed by atoms with Crippen LogP contribution in [-0.2, 0) is 6.18 Å². The molecule has 160 valence electrons. The van der Waals surface area contributed by atoms with Gasteiger partial charge in [0.15, 0.2) is 5.65 Å². The Hall–Kier alpha value is -2.61. The van der Waals surface area contributed by atoms with Gasteiger partial charge in [0, 0.05) is 30.3 Å². The van der Waals surface area contributed by atoms with Crippen LogP contribution in [0.2, 0.25) is 0 Å². The van der Waals surface area contributed by atoms with Crippen LogP contribution in [0.4, 0.5) is 19.0 Å². The van der Waals surface area contributed by atoms with E-state index in [1.807, 2.05) is 26.0 Å². The summed E-state index contributed by atoms with van der Waals surface area (Å²) in [5, 5.41) is 14.6. The topological polar surface area (TPSA) is 53.7 Å². The molecule has 1 fully saturated rings. The molecule has 30 heavy (non-hydrogen) atoms. The van der Waals surface area contributed by atoms with Crippen molar-refractivity contribution in [2.75, 3.05) is 18.1 Å². The lowest BCUT2D eigenvalue weighted by Crippen LogP contribution is -2.43. The van der Waals surface area contributed by atoms with E-state index in [9.17, 15) is 18.3 Å². The van der Waals surface area contributed by atoms with Crippen LogP contribution in [0.15, 0.2) is 36.4 Å². The van der Waals surface area contributed by atoms with Crippen molar-refractivity contribution in [1.29, 1.82) is 0 Å². The number of aliphatic hydroxyl groups is 1. The van der Waals surface area contributed by atoms with E-state index >= 15 is 0 Å². The van der Waals surface area contributed by atoms with Crippen LogP contribution in [0, 0.1) is 6.92 Å². The molecule has 2 aromatic heterocycles. The molecule has 1 saturated heterocycles. The number of benzene rings is 1. The number of anilines is 1. The Labute approximate surface area is 173 Å². The predicted octanol–water partition coefficient (Wildman–Crippen LogP) is 4.56. The second-order valence-corrected chi connectivity index (χ2v) is 7.96. The number of halogens is 3. The smallest absolute Gasteiger partial charge is 0.394 e. The lowest BCUT2D eigenvalue weighted by molar-refractivity contribution is -0.137. The first kappa shape index (κ1) is 20.7. The average molecular weight is 418 g/mol. The van der Waals surface area contributed by atoms with E-state index in [-0.39, 0.29) is 18.6 Å². The van der Waals surface area contributed by atoms with Gasteiger partial charge in [0.1, 0.15) is 5.82 Å². The van der Waals surface area contributed by atoms with Gasteiger partial charge in [0.05, 0.1) is 23.9 Å². The van der Waals surface area contributed by atoms with Crippen LogP contribution < -0.4 is 4.90 Å². The van der Waals surface area contributed by atoms with Crippen molar-refractivity contribution < 1.29 is 18.3 Å². The zero-order valence-electron chi connectivity index (χ0n) is 17.0. The molecule has 0 aliphatic carbocycles. The standard InChI is InChI=1S/C22H25F3N4O/c1-14-11-21(28-10-4-3-5-18(28)13-30)29-20(26-14)12-19(27-29)15(2)16-6-8-17(9-7-16)22(23,24)25/h6-9,11-12,15,18,30H,3-5,10,13H2,1-2H3. The molecule has 1 aliphatic heterocycles. The van der Waals surface area contributed by atoms with E-state index < -0.39 is 11.7 Å². The van der Waals surface area contributed by atoms with E-state index in [1.54, 1.807) is 4.52 Å². The Morgan fingerprint density at radius 3 is 2.57 bits per heavy atom. The minimum Gasteiger partial charge on any atom is -0.394 e. The maximum Gasteiger partial charge on any atom is 0.416 e. The number of alkyl halides is 3. The molecule has 0 radical (unpaired) electrons. The Bertz CT molecular complexity index is 1030. The summed E-state index contributed by atoms with van der Waals surface area (Å²) in [6, 6.07) is 9.12. The first-order chi connectivity index (χ1) is 14.3. The van der Waals surface area contributed by atoms with Gasteiger partial charge in [0.2, 0.25) is 0 Å². The zero-order valence-corrected chi connectivity index (χ0v) is 17.0. The van der Waals surface area contributed by atoms with Crippen molar-refractivity contribution >= 4 is 11.5 Å². The number of aryl methyl sites for hydroxylation is 1. The Balaban J connectivity index is 1.71. The predicted molar refractivity (Wildman–Crippen MR) is 109 cm³/mol. The first-order valence-corrected chi connectivity index (χ1v) is 10.2. The van der Waals surface area contributed by atoms with Gasteiger partial charge in [-0.15, -0.1) is 0 Å². The third-order valence-corrected chi connectivity index (χ3v) is 5.87. The number of rotatable bonds is 4. The maximum atomic E-state index is 12.9. The van der Waals surface area contributed by atoms with Crippen LogP contribution in [0.1, 0.15) is 54.6 Å². The quantitative estimate of drug-likeness (QED) is 0.675. The fourth-order valence-electron chi connectivity index (χ4n) is 4.14. The number of aromatic nitrogens is 3. The van der Waals surface area contributed by atoms with E-state index in [2.05, 4.69) is 9.88 Å². The molecule has 3 heterocycles. The SMILES string of the molecule is Cc1cc(N2CCCCC2CO)n2nc(C(C)c3ccc(C(F)(F)F)cc3)cc2n1. The minimum absolute atomic E-state index is 0.0451. The summed E-state index contributed by atoms with van der Waals surface area (Å²) < 4.78 is 40.4. The van der Waals surface area contributed by atoms with E-state index in [1.165, 1.54) is 12.1 Å². The highest BCUT2D eigenvalue weighted by molar-refractivity contribution is 5.53. The summed E-state index contributed by atoms with van der Waals surface area (Å²) in [5.74, 6) is 0.708. The van der Waals surface area contributed by atoms with Crippen molar-refractivity contribution in [3.05, 3.63) is 58.9 Å². The number of hydrogen-bond donors (Lipinski definition) is 1. The third-order valence-electron chi connectivity index (χ3n) is 5.87. The number of hydrogen-bond acceptors (Lipinski definition) is 4. The summed E-state index contributed by atoms with van der Waals surface area (Å²) >= 11 is 0. The van der Waals surface area contributed by atoms with Gasteiger partial charge in [-0.05, 0) is 43.9 Å². The van der Waals surface area contributed by atoms with Crippen molar-refractivity contribution in [2.45, 2.75) is 51.2 Å². The van der Waals surface area contributed by atoms with Crippen LogP contribution in [0.5, 0.6) is 0 Å². The molecule has 0 saturated carbocycles. The van der Waals surface area contributed by atoms with Crippen molar-refractivity contribution in [3.8, 4) is 0 Å². The lowest BCUT2D eigenvalue weighted by Gasteiger charge is -2.36. The molecule has 0 spiro atoms. The highest BCUT2D eigenvalue weighted by atomic mass is 19.4. The molecule has 8 heteroatoms. The summed E-state index contributed by atoms with van der Waals surface area (Å²) in [5.41, 5.74) is 2.39. The van der Waals surface area contributed by atoms with Gasteiger partial charge in [-0.1, -0.05) is 19.1 Å². The first-order valence-electron chi connectivity index (χ1n) is 10.2. The summed E-state index contributed by atoms with van der Waals surface area (Å²) in [6.45, 7) is 4.77. The van der Waals surface area contributed by atoms with Gasteiger partial charge in [0.25, 0.3) is 0 Å². The molecule has 0 bridgehead atoms. The second-order valence-electron chi connectivity index (χ2n) is 7.96. The Morgan fingerprint density at radius 2 is 1.90 bits per heavy atom. The van der Waals surface area contributed by atoms with Crippen LogP contribution >= 0.6 is 0 Å². The fraction of sp³-hybridized carbons (Fsp3) is 0.455. The average Bonchev–Trinajstić information content (AvgIpc) is 3.16. The number of aliphatic hydroxyl groups excluding tert-OH is 1. The lowest BCUT2D eigenvalue weighted by atomic mass is 9.97. The van der Waals surface area contributed by atoms with Gasteiger partial charge in [-0.2, -0.15) is 22.8 Å². The van der Waals surface area contributed by atoms with Gasteiger partial charge < -0.3 is 10.0 Å². The molecule has 1 aromatic carbocycles. The summed E-state index contributed by atoms with van der Waals surface area (Å²) in [6.07, 6.45) is -1.28. The van der Waals surface area contributed by atoms with E-state index in [0.717, 1.165) is 60.7 Å². The molecule has 5 nitrogen and oxygen atoms in total. The molecule has 0 amide bonds. The molecule has 4 rings (SSSR count). The third kappa shape index (κ3) is 3.88. The highest BCUT2D eigenvalue weighted by Crippen LogP contribution is 2.32. The van der Waals surface area contributed by atoms with Gasteiger partial charge >= 0.3 is 6.18 Å². The maximum absolute atomic E-state index is 12.9. The number of piperidine rings is 1. The normalized spacial score (nSPS) is 18.7. The van der Waals surface area contributed by atoms with E-state index in [0.29, 0.717) is 5.65 Å². The minimum atomic E-state index is -4.35. The van der Waals surface area contributed by atoms with Crippen molar-refractivity contribution in [3.63, 3.8) is 0 Å². The van der Waals surface area contributed by atoms with Crippen LogP contribution in [0.25, 0.3) is 5.65 Å². The second kappa shape index (κ2) is 7.91. The van der Waals surface area contributed by atoms with Crippen molar-refractivity contribution in [2.24, 2.45) is 0 Å².